The Morgan fingerprint density at radius 3 is 2.86 bits per heavy atom. The first kappa shape index (κ1) is 18.7. The van der Waals surface area contributed by atoms with E-state index in [9.17, 15) is 4.79 Å². The van der Waals surface area contributed by atoms with Crippen LogP contribution in [0.15, 0.2) is 60.9 Å². The first-order chi connectivity index (χ1) is 14.1. The molecule has 0 aliphatic heterocycles. The summed E-state index contributed by atoms with van der Waals surface area (Å²) in [4.78, 5) is 25.0. The van der Waals surface area contributed by atoms with Gasteiger partial charge >= 0.3 is 0 Å². The van der Waals surface area contributed by atoms with Gasteiger partial charge in [-0.25, -0.2) is 9.97 Å². The van der Waals surface area contributed by atoms with Crippen molar-refractivity contribution in [2.24, 2.45) is 7.05 Å². The molecule has 2 heterocycles. The molecule has 2 aromatic heterocycles. The van der Waals surface area contributed by atoms with Crippen LogP contribution in [0, 0.1) is 0 Å². The Morgan fingerprint density at radius 2 is 2.10 bits per heavy atom. The lowest BCUT2D eigenvalue weighted by molar-refractivity contribution is -0.121. The predicted octanol–water partition coefficient (Wildman–Crippen LogP) is 3.14. The third-order valence-electron chi connectivity index (χ3n) is 4.88. The Balaban J connectivity index is 1.50. The number of H-pyrrole nitrogens is 1. The maximum absolute atomic E-state index is 12.8. The smallest absolute Gasteiger partial charge is 0.221 e. The number of para-hydroxylation sites is 2. The number of carbonyl (C=O) groups is 1. The topological polar surface area (TPSA) is 84.8 Å². The van der Waals surface area contributed by atoms with Gasteiger partial charge in [-0.1, -0.05) is 24.3 Å². The van der Waals surface area contributed by atoms with Crippen molar-refractivity contribution < 1.29 is 9.53 Å². The molecular weight excluding hydrogens is 366 g/mol. The highest BCUT2D eigenvalue weighted by molar-refractivity contribution is 5.78. The molecule has 0 saturated carbocycles. The summed E-state index contributed by atoms with van der Waals surface area (Å²) in [7, 11) is 3.54. The van der Waals surface area contributed by atoms with Crippen LogP contribution in [0.1, 0.15) is 29.7 Å². The van der Waals surface area contributed by atoms with Gasteiger partial charge in [0, 0.05) is 32.3 Å². The molecule has 0 radical (unpaired) electrons. The highest BCUT2D eigenvalue weighted by Crippen LogP contribution is 2.24. The number of aromatic nitrogens is 4. The van der Waals surface area contributed by atoms with E-state index in [1.807, 2.05) is 66.3 Å². The molecule has 7 nitrogen and oxygen atoms in total. The van der Waals surface area contributed by atoms with Gasteiger partial charge in [-0.15, -0.1) is 0 Å². The van der Waals surface area contributed by atoms with Crippen molar-refractivity contribution in [2.45, 2.75) is 18.9 Å². The Bertz CT molecular complexity index is 1100. The van der Waals surface area contributed by atoms with Gasteiger partial charge in [0.1, 0.15) is 23.4 Å². The predicted molar refractivity (Wildman–Crippen MR) is 111 cm³/mol. The van der Waals surface area contributed by atoms with Crippen LogP contribution < -0.4 is 10.1 Å². The number of nitrogens with zero attached hydrogens (tertiary/aromatic N) is 3. The molecule has 0 spiro atoms. The minimum absolute atomic E-state index is 0.0683. The summed E-state index contributed by atoms with van der Waals surface area (Å²) >= 11 is 0. The summed E-state index contributed by atoms with van der Waals surface area (Å²) in [6.45, 7) is 0. The molecule has 1 atom stereocenters. The van der Waals surface area contributed by atoms with Crippen LogP contribution in [-0.4, -0.2) is 32.5 Å². The van der Waals surface area contributed by atoms with Crippen molar-refractivity contribution in [3.05, 3.63) is 78.1 Å². The Morgan fingerprint density at radius 1 is 1.24 bits per heavy atom. The SMILES string of the molecule is COc1cccc(C(NC(=O)CCc2nc3ccccc3[nH]2)c2nccn2C)c1. The summed E-state index contributed by atoms with van der Waals surface area (Å²) in [5, 5.41) is 3.11. The minimum Gasteiger partial charge on any atom is -0.497 e. The number of hydrogen-bond donors (Lipinski definition) is 2. The average Bonchev–Trinajstić information content (AvgIpc) is 3.36. The van der Waals surface area contributed by atoms with Crippen LogP contribution in [0.4, 0.5) is 0 Å². The van der Waals surface area contributed by atoms with E-state index in [2.05, 4.69) is 20.3 Å². The van der Waals surface area contributed by atoms with Crippen molar-refractivity contribution in [3.63, 3.8) is 0 Å². The third kappa shape index (κ3) is 4.13. The second-order valence-electron chi connectivity index (χ2n) is 6.87. The number of rotatable bonds is 7. The summed E-state index contributed by atoms with van der Waals surface area (Å²) in [5.74, 6) is 2.23. The van der Waals surface area contributed by atoms with Crippen LogP contribution in [0.5, 0.6) is 5.75 Å². The zero-order valence-corrected chi connectivity index (χ0v) is 16.4. The highest BCUT2D eigenvalue weighted by atomic mass is 16.5. The maximum atomic E-state index is 12.8. The van der Waals surface area contributed by atoms with E-state index in [0.29, 0.717) is 12.8 Å². The molecule has 2 aromatic carbocycles. The molecule has 0 aliphatic carbocycles. The van der Waals surface area contributed by atoms with Gasteiger partial charge in [0.25, 0.3) is 0 Å². The molecule has 29 heavy (non-hydrogen) atoms. The molecule has 0 fully saturated rings. The first-order valence-electron chi connectivity index (χ1n) is 9.48. The van der Waals surface area contributed by atoms with Gasteiger partial charge in [-0.3, -0.25) is 4.79 Å². The fraction of sp³-hybridized carbons (Fsp3) is 0.227. The monoisotopic (exact) mass is 389 g/mol. The van der Waals surface area contributed by atoms with E-state index in [-0.39, 0.29) is 11.9 Å². The number of nitrogens with one attached hydrogen (secondary N) is 2. The lowest BCUT2D eigenvalue weighted by atomic mass is 10.1. The van der Waals surface area contributed by atoms with Crippen molar-refractivity contribution in [2.75, 3.05) is 7.11 Å². The summed E-state index contributed by atoms with van der Waals surface area (Å²) in [6, 6.07) is 15.1. The second kappa shape index (κ2) is 8.18. The number of amides is 1. The minimum atomic E-state index is -0.367. The number of methoxy groups -OCH3 is 1. The van der Waals surface area contributed by atoms with Crippen LogP contribution in [-0.2, 0) is 18.3 Å². The number of ether oxygens (including phenoxy) is 1. The summed E-state index contributed by atoms with van der Waals surface area (Å²) in [5.41, 5.74) is 2.80. The summed E-state index contributed by atoms with van der Waals surface area (Å²) < 4.78 is 7.25. The number of benzene rings is 2. The summed E-state index contributed by atoms with van der Waals surface area (Å²) in [6.07, 6.45) is 4.45. The van der Waals surface area contributed by atoms with E-state index in [1.165, 1.54) is 0 Å². The molecule has 4 rings (SSSR count). The number of carbonyl (C=O) groups excluding carboxylic acids is 1. The maximum Gasteiger partial charge on any atom is 0.221 e. The van der Waals surface area contributed by atoms with E-state index >= 15 is 0 Å². The van der Waals surface area contributed by atoms with E-state index in [4.69, 9.17) is 4.74 Å². The molecule has 148 valence electrons. The quantitative estimate of drug-likeness (QED) is 0.509. The number of fused-ring (bicyclic) bond motifs is 1. The van der Waals surface area contributed by atoms with Gasteiger partial charge < -0.3 is 19.6 Å². The Labute approximate surface area is 168 Å². The van der Waals surface area contributed by atoms with Gasteiger partial charge in [0.05, 0.1) is 18.1 Å². The lowest BCUT2D eigenvalue weighted by Gasteiger charge is -2.19. The van der Waals surface area contributed by atoms with Gasteiger partial charge in [0.2, 0.25) is 5.91 Å². The number of hydrogen-bond acceptors (Lipinski definition) is 4. The van der Waals surface area contributed by atoms with E-state index in [1.54, 1.807) is 13.3 Å². The van der Waals surface area contributed by atoms with E-state index in [0.717, 1.165) is 34.0 Å². The average molecular weight is 389 g/mol. The second-order valence-corrected chi connectivity index (χ2v) is 6.87. The molecule has 7 heteroatoms. The molecule has 1 amide bonds. The number of aryl methyl sites for hydroxylation is 2. The molecule has 0 aliphatic rings. The van der Waals surface area contributed by atoms with Crippen LogP contribution in [0.2, 0.25) is 0 Å². The largest absolute Gasteiger partial charge is 0.497 e. The van der Waals surface area contributed by atoms with Crippen molar-refractivity contribution in [1.29, 1.82) is 0 Å². The van der Waals surface area contributed by atoms with Crippen molar-refractivity contribution in [3.8, 4) is 5.75 Å². The van der Waals surface area contributed by atoms with Crippen LogP contribution in [0.3, 0.4) is 0 Å². The highest BCUT2D eigenvalue weighted by Gasteiger charge is 2.21. The molecule has 2 N–H and O–H groups in total. The standard InChI is InChI=1S/C22H23N5O2/c1-27-13-12-23-22(27)21(15-6-5-7-16(14-15)29-2)26-20(28)11-10-19-24-17-8-3-4-9-18(17)25-19/h3-9,12-14,21H,10-11H2,1-2H3,(H,24,25)(H,26,28). The zero-order chi connectivity index (χ0) is 20.2. The third-order valence-corrected chi connectivity index (χ3v) is 4.88. The van der Waals surface area contributed by atoms with Crippen LogP contribution >= 0.6 is 0 Å². The van der Waals surface area contributed by atoms with Gasteiger partial charge in [0.15, 0.2) is 0 Å². The molecule has 0 saturated heterocycles. The molecule has 0 bridgehead atoms. The normalized spacial score (nSPS) is 12.1. The Hall–Kier alpha value is -3.61. The van der Waals surface area contributed by atoms with Gasteiger partial charge in [-0.05, 0) is 29.8 Å². The van der Waals surface area contributed by atoms with Crippen molar-refractivity contribution in [1.82, 2.24) is 24.8 Å². The van der Waals surface area contributed by atoms with E-state index < -0.39 is 0 Å². The number of aromatic amines is 1. The van der Waals surface area contributed by atoms with Crippen LogP contribution in [0.25, 0.3) is 11.0 Å². The fourth-order valence-electron chi connectivity index (χ4n) is 3.36. The molecule has 1 unspecified atom stereocenters. The Kier molecular flexibility index (Phi) is 5.29. The van der Waals surface area contributed by atoms with Crippen molar-refractivity contribution >= 4 is 16.9 Å². The zero-order valence-electron chi connectivity index (χ0n) is 16.4. The number of imidazole rings is 2. The molecule has 4 aromatic rings. The molecular formula is C22H23N5O2. The fourth-order valence-corrected chi connectivity index (χ4v) is 3.36. The first-order valence-corrected chi connectivity index (χ1v) is 9.48. The van der Waals surface area contributed by atoms with Gasteiger partial charge in [-0.2, -0.15) is 0 Å². The lowest BCUT2D eigenvalue weighted by Crippen LogP contribution is -2.31.